The summed E-state index contributed by atoms with van der Waals surface area (Å²) < 4.78 is 19.3. The smallest absolute Gasteiger partial charge is 0.225 e. The minimum absolute atomic E-state index is 0.0212. The van der Waals surface area contributed by atoms with Crippen molar-refractivity contribution < 1.29 is 19.0 Å². The molecule has 2 saturated carbocycles. The van der Waals surface area contributed by atoms with Gasteiger partial charge in [-0.2, -0.15) is 5.26 Å². The zero-order chi connectivity index (χ0) is 46.1. The van der Waals surface area contributed by atoms with E-state index in [2.05, 4.69) is 132 Å². The number of carbonyl (C=O) groups excluding carboxylic acids is 1. The van der Waals surface area contributed by atoms with Crippen LogP contribution in [0.5, 0.6) is 11.5 Å². The number of nitrogens with one attached hydrogen (secondary N) is 6. The molecule has 7 unspecified atom stereocenters. The monoisotopic (exact) mass is 943 g/mol. The van der Waals surface area contributed by atoms with E-state index in [1.807, 2.05) is 0 Å². The van der Waals surface area contributed by atoms with E-state index in [0.29, 0.717) is 57.3 Å². The number of halogens is 1. The van der Waals surface area contributed by atoms with Crippen molar-refractivity contribution >= 4 is 35.0 Å². The molecular weight excluding hydrogens is 872 g/mol. The molecule has 8 aliphatic rings. The summed E-state index contributed by atoms with van der Waals surface area (Å²) in [6.07, 6.45) is 6.99. The third kappa shape index (κ3) is 8.68. The van der Waals surface area contributed by atoms with Crippen LogP contribution in [0.3, 0.4) is 0 Å². The Morgan fingerprint density at radius 2 is 1.71 bits per heavy atom. The van der Waals surface area contributed by atoms with Crippen molar-refractivity contribution in [2.24, 2.45) is 39.0 Å². The summed E-state index contributed by atoms with van der Waals surface area (Å²) in [4.78, 5) is 24.5. The number of ether oxygens (including phenoxy) is 3. The van der Waals surface area contributed by atoms with E-state index in [9.17, 15) is 10.1 Å². The fourth-order valence-electron chi connectivity index (χ4n) is 13.3. The second kappa shape index (κ2) is 18.4. The average Bonchev–Trinajstić information content (AvgIpc) is 4.10. The molecule has 2 aromatic rings. The van der Waals surface area contributed by atoms with Gasteiger partial charge in [0.15, 0.2) is 0 Å². The molecule has 5 saturated heterocycles. The molecule has 2 aromatic carbocycles. The molecule has 16 heteroatoms. The first-order valence-corrected chi connectivity index (χ1v) is 26.0. The van der Waals surface area contributed by atoms with E-state index >= 15 is 0 Å². The Morgan fingerprint density at radius 1 is 0.985 bits per heavy atom. The van der Waals surface area contributed by atoms with Crippen molar-refractivity contribution in [3.63, 3.8) is 0 Å². The standard InChI is InChI=1S/C50H71ClN10O4S/c1-28-29(2)66-44-40(28)41(56-38(23-39-53-18-21-63-39)42-59-58-30(3)61(42)44)31-8-11-34(12-9-31)64-36-14-15-50(24-36)16-19-60(20-17-50)47-54-26-33(27-55-47)43(62)57-45-48(4,5)46(49(45,6)7)65-35-13-10-32(25-52)37(51)22-35/h8-13,22,28-30,33,36,38-40,42,44-47,53-55,58-59H,14-21,23-24,26-27H2,1-7H3,(H,57,62)/t28?,29?,30?,33?,36-,38-,39?,40?,42?,44?,45?,46?,47?/m0/s1. The zero-order valence-corrected chi connectivity index (χ0v) is 41.3. The molecule has 6 heterocycles. The molecule has 0 aromatic heterocycles. The van der Waals surface area contributed by atoms with Crippen molar-refractivity contribution in [1.82, 2.24) is 41.9 Å². The highest BCUT2D eigenvalue weighted by Gasteiger charge is 2.64. The Labute approximate surface area is 400 Å². The Morgan fingerprint density at radius 3 is 2.39 bits per heavy atom. The van der Waals surface area contributed by atoms with Gasteiger partial charge in [0.2, 0.25) is 5.91 Å². The maximum absolute atomic E-state index is 13.7. The fourth-order valence-corrected chi connectivity index (χ4v) is 15.4. The van der Waals surface area contributed by atoms with Crippen molar-refractivity contribution in [3.8, 4) is 17.6 Å². The molecule has 1 amide bonds. The van der Waals surface area contributed by atoms with Crippen LogP contribution in [0.15, 0.2) is 47.5 Å². The molecular formula is C50H71ClN10O4S. The van der Waals surface area contributed by atoms with Crippen LogP contribution in [0.2, 0.25) is 5.02 Å². The van der Waals surface area contributed by atoms with Gasteiger partial charge in [0.05, 0.1) is 53.0 Å². The van der Waals surface area contributed by atoms with E-state index < -0.39 is 0 Å². The first kappa shape index (κ1) is 46.7. The third-order valence-electron chi connectivity index (χ3n) is 17.0. The van der Waals surface area contributed by atoms with Crippen LogP contribution in [-0.4, -0.2) is 121 Å². The van der Waals surface area contributed by atoms with Crippen molar-refractivity contribution in [3.05, 3.63) is 58.6 Å². The number of hydrazine groups is 1. The van der Waals surface area contributed by atoms with Gasteiger partial charge in [-0.25, -0.2) is 10.9 Å². The minimum atomic E-state index is -0.308. The van der Waals surface area contributed by atoms with E-state index in [1.165, 1.54) is 17.7 Å². The number of nitrogens with zero attached hydrogens (tertiary/aromatic N) is 4. The van der Waals surface area contributed by atoms with Gasteiger partial charge in [0, 0.05) is 79.0 Å². The highest BCUT2D eigenvalue weighted by molar-refractivity contribution is 8.00. The SMILES string of the molecule is CC1SC2C(C(c3ccc(O[C@H]4CCC5(CCN(C6NCC(C(=O)NC7C(C)(C)C(Oc8ccc(C#N)c(Cl)c8)C7(C)C)CN6)CC5)C4)cc3)=N[C@@H](CC3NCCO3)C3NNC(C)N23)C1C. The number of hydrogen-bond acceptors (Lipinski definition) is 14. The van der Waals surface area contributed by atoms with Crippen LogP contribution >= 0.6 is 23.4 Å². The van der Waals surface area contributed by atoms with Crippen LogP contribution in [0.25, 0.3) is 0 Å². The van der Waals surface area contributed by atoms with E-state index in [4.69, 9.17) is 30.8 Å². The quantitative estimate of drug-likeness (QED) is 0.175. The normalized spacial score (nSPS) is 38.1. The Hall–Kier alpha value is -3.01. The van der Waals surface area contributed by atoms with Crippen LogP contribution in [0.4, 0.5) is 0 Å². The number of aliphatic imine (C=N–C) groups is 1. The van der Waals surface area contributed by atoms with Gasteiger partial charge in [-0.05, 0) is 92.3 Å². The lowest BCUT2D eigenvalue weighted by Crippen LogP contribution is -2.75. The molecule has 358 valence electrons. The summed E-state index contributed by atoms with van der Waals surface area (Å²) in [5.41, 5.74) is 9.71. The van der Waals surface area contributed by atoms with Gasteiger partial charge in [0.1, 0.15) is 36.2 Å². The van der Waals surface area contributed by atoms with Crippen molar-refractivity contribution in [2.45, 2.75) is 147 Å². The summed E-state index contributed by atoms with van der Waals surface area (Å²) in [7, 11) is 0. The van der Waals surface area contributed by atoms with Gasteiger partial charge in [-0.1, -0.05) is 53.1 Å². The number of rotatable bonds is 10. The zero-order valence-electron chi connectivity index (χ0n) is 39.7. The molecule has 2 aliphatic carbocycles. The number of carbonyl (C=O) groups is 1. The number of thioether (sulfide) groups is 1. The first-order valence-electron chi connectivity index (χ1n) is 24.7. The predicted octanol–water partition coefficient (Wildman–Crippen LogP) is 5.62. The summed E-state index contributed by atoms with van der Waals surface area (Å²) in [5, 5.41) is 24.8. The number of piperidine rings is 1. The van der Waals surface area contributed by atoms with Crippen LogP contribution in [0, 0.1) is 45.3 Å². The number of benzene rings is 2. The molecule has 7 fully saturated rings. The molecule has 0 radical (unpaired) electrons. The minimum Gasteiger partial charge on any atom is -0.490 e. The Balaban J connectivity index is 0.706. The molecule has 66 heavy (non-hydrogen) atoms. The van der Waals surface area contributed by atoms with Crippen molar-refractivity contribution in [2.75, 3.05) is 39.3 Å². The average molecular weight is 944 g/mol. The lowest BCUT2D eigenvalue weighted by Gasteiger charge is -2.63. The summed E-state index contributed by atoms with van der Waals surface area (Å²) >= 11 is 8.40. The number of fused-ring (bicyclic) bond motifs is 3. The molecule has 10 rings (SSSR count). The molecule has 9 atom stereocenters. The van der Waals surface area contributed by atoms with Crippen LogP contribution < -0.4 is 41.6 Å². The van der Waals surface area contributed by atoms with E-state index in [1.54, 1.807) is 18.2 Å². The maximum Gasteiger partial charge on any atom is 0.225 e. The summed E-state index contributed by atoms with van der Waals surface area (Å²) in [6, 6.07) is 16.2. The second-order valence-corrected chi connectivity index (χ2v) is 23.8. The number of likely N-dealkylation sites (tertiary alicyclic amines) is 1. The Kier molecular flexibility index (Phi) is 13.0. The molecule has 14 nitrogen and oxygen atoms in total. The van der Waals surface area contributed by atoms with Crippen LogP contribution in [0.1, 0.15) is 98.1 Å². The number of amides is 1. The molecule has 0 bridgehead atoms. The number of hydrogen-bond donors (Lipinski definition) is 6. The molecule has 1 spiro atoms. The van der Waals surface area contributed by atoms with Gasteiger partial charge < -0.3 is 19.5 Å². The van der Waals surface area contributed by atoms with Crippen molar-refractivity contribution in [1.29, 1.82) is 5.26 Å². The number of nitriles is 1. The first-order chi connectivity index (χ1) is 31.6. The van der Waals surface area contributed by atoms with Gasteiger partial charge in [-0.15, -0.1) is 11.8 Å². The lowest BCUT2D eigenvalue weighted by atomic mass is 9.49. The van der Waals surface area contributed by atoms with Gasteiger partial charge in [-0.3, -0.25) is 35.5 Å². The van der Waals surface area contributed by atoms with Gasteiger partial charge in [0.25, 0.3) is 0 Å². The topological polar surface area (TPSA) is 160 Å². The Bertz CT molecular complexity index is 2150. The molecule has 6 N–H and O–H groups in total. The molecule has 6 aliphatic heterocycles. The van der Waals surface area contributed by atoms with Crippen LogP contribution in [-0.2, 0) is 9.53 Å². The van der Waals surface area contributed by atoms with E-state index in [-0.39, 0.29) is 71.8 Å². The largest absolute Gasteiger partial charge is 0.490 e. The lowest BCUT2D eigenvalue weighted by molar-refractivity contribution is -0.174. The summed E-state index contributed by atoms with van der Waals surface area (Å²) in [6.45, 7) is 20.6. The predicted molar refractivity (Wildman–Crippen MR) is 259 cm³/mol. The summed E-state index contributed by atoms with van der Waals surface area (Å²) in [5.74, 6) is 2.29. The second-order valence-electron chi connectivity index (χ2n) is 21.9. The van der Waals surface area contributed by atoms with Gasteiger partial charge >= 0.3 is 0 Å². The highest BCUT2D eigenvalue weighted by Crippen LogP contribution is 2.56. The highest BCUT2D eigenvalue weighted by atomic mass is 35.5. The third-order valence-corrected chi connectivity index (χ3v) is 19.0. The fraction of sp³-hybridized carbons (Fsp3) is 0.700. The maximum atomic E-state index is 13.7. The van der Waals surface area contributed by atoms with E-state index in [0.717, 1.165) is 64.1 Å².